The summed E-state index contributed by atoms with van der Waals surface area (Å²) in [4.78, 5) is 0.234. The van der Waals surface area contributed by atoms with Gasteiger partial charge < -0.3 is 9.73 Å². The Balaban J connectivity index is 2.72. The minimum Gasteiger partial charge on any atom is -0.464 e. The van der Waals surface area contributed by atoms with Crippen molar-refractivity contribution in [3.8, 4) is 0 Å². The molecular formula is C13H24N2O3S2. The lowest BCUT2D eigenvalue weighted by Crippen LogP contribution is -2.33. The second-order valence-electron chi connectivity index (χ2n) is 4.67. The molecule has 0 aliphatic rings. The lowest BCUT2D eigenvalue weighted by atomic mass is 10.3. The standard InChI is InChI=1S/C13H24N2O3S2/c1-5-19-7-6-10(2)15-20(16,17)13-8-12(9-14-4)18-11(13)3/h8,10,14-15H,5-7,9H2,1-4H3. The molecule has 0 bridgehead atoms. The van der Waals surface area contributed by atoms with E-state index in [-0.39, 0.29) is 10.9 Å². The van der Waals surface area contributed by atoms with E-state index in [4.69, 9.17) is 4.42 Å². The number of rotatable bonds is 9. The molecule has 0 spiro atoms. The van der Waals surface area contributed by atoms with Crippen molar-refractivity contribution in [3.63, 3.8) is 0 Å². The summed E-state index contributed by atoms with van der Waals surface area (Å²) in [5.41, 5.74) is 0. The van der Waals surface area contributed by atoms with Crippen LogP contribution in [0.5, 0.6) is 0 Å². The molecule has 20 heavy (non-hydrogen) atoms. The number of hydrogen-bond acceptors (Lipinski definition) is 5. The van der Waals surface area contributed by atoms with Gasteiger partial charge in [-0.15, -0.1) is 0 Å². The number of aryl methyl sites for hydroxylation is 1. The van der Waals surface area contributed by atoms with Gasteiger partial charge in [-0.2, -0.15) is 11.8 Å². The summed E-state index contributed by atoms with van der Waals surface area (Å²) in [6.07, 6.45) is 0.817. The van der Waals surface area contributed by atoms with Crippen LogP contribution in [0.1, 0.15) is 31.8 Å². The SMILES string of the molecule is CCSCCC(C)NS(=O)(=O)c1cc(CNC)oc1C. The summed E-state index contributed by atoms with van der Waals surface area (Å²) in [5, 5.41) is 2.94. The fraction of sp³-hybridized carbons (Fsp3) is 0.692. The van der Waals surface area contributed by atoms with E-state index in [0.29, 0.717) is 18.1 Å². The predicted octanol–water partition coefficient (Wildman–Crippen LogP) is 2.12. The van der Waals surface area contributed by atoms with Gasteiger partial charge in [0.25, 0.3) is 0 Å². The second kappa shape index (κ2) is 8.07. The van der Waals surface area contributed by atoms with Gasteiger partial charge in [-0.25, -0.2) is 13.1 Å². The average molecular weight is 320 g/mol. The molecule has 5 nitrogen and oxygen atoms in total. The van der Waals surface area contributed by atoms with Crippen LogP contribution in [0, 0.1) is 6.92 Å². The zero-order valence-corrected chi connectivity index (χ0v) is 14.2. The van der Waals surface area contributed by atoms with Gasteiger partial charge in [-0.3, -0.25) is 0 Å². The molecule has 1 aromatic rings. The number of nitrogens with one attached hydrogen (secondary N) is 2. The van der Waals surface area contributed by atoms with Crippen LogP contribution in [0.15, 0.2) is 15.4 Å². The molecule has 1 heterocycles. The van der Waals surface area contributed by atoms with Crippen molar-refractivity contribution in [1.29, 1.82) is 0 Å². The van der Waals surface area contributed by atoms with Crippen LogP contribution in [0.3, 0.4) is 0 Å². The van der Waals surface area contributed by atoms with E-state index in [2.05, 4.69) is 17.0 Å². The van der Waals surface area contributed by atoms with Crippen molar-refractivity contribution in [3.05, 3.63) is 17.6 Å². The lowest BCUT2D eigenvalue weighted by molar-refractivity contribution is 0.465. The van der Waals surface area contributed by atoms with Gasteiger partial charge in [0.15, 0.2) is 0 Å². The molecule has 7 heteroatoms. The largest absolute Gasteiger partial charge is 0.464 e. The molecule has 0 fully saturated rings. The van der Waals surface area contributed by atoms with Crippen LogP contribution in [0.25, 0.3) is 0 Å². The van der Waals surface area contributed by atoms with E-state index in [1.54, 1.807) is 20.0 Å². The van der Waals surface area contributed by atoms with Crippen LogP contribution >= 0.6 is 11.8 Å². The second-order valence-corrected chi connectivity index (χ2v) is 7.75. The summed E-state index contributed by atoms with van der Waals surface area (Å²) in [7, 11) is -1.72. The summed E-state index contributed by atoms with van der Waals surface area (Å²) in [6, 6.07) is 1.50. The van der Waals surface area contributed by atoms with E-state index in [9.17, 15) is 8.42 Å². The number of hydrogen-bond donors (Lipinski definition) is 2. The topological polar surface area (TPSA) is 71.3 Å². The molecule has 0 aliphatic heterocycles. The first kappa shape index (κ1) is 17.6. The third-order valence-corrected chi connectivity index (χ3v) is 5.45. The highest BCUT2D eigenvalue weighted by atomic mass is 32.2. The Labute approximate surface area is 125 Å². The van der Waals surface area contributed by atoms with Gasteiger partial charge in [-0.05, 0) is 38.8 Å². The lowest BCUT2D eigenvalue weighted by Gasteiger charge is -2.13. The van der Waals surface area contributed by atoms with Crippen LogP contribution < -0.4 is 10.0 Å². The molecule has 0 amide bonds. The van der Waals surface area contributed by atoms with Gasteiger partial charge in [0, 0.05) is 12.1 Å². The molecule has 1 atom stereocenters. The van der Waals surface area contributed by atoms with Crippen LogP contribution in [0.4, 0.5) is 0 Å². The van der Waals surface area contributed by atoms with Crippen molar-refractivity contribution >= 4 is 21.8 Å². The summed E-state index contributed by atoms with van der Waals surface area (Å²) >= 11 is 1.81. The third kappa shape index (κ3) is 5.12. The highest BCUT2D eigenvalue weighted by Gasteiger charge is 2.23. The monoisotopic (exact) mass is 320 g/mol. The fourth-order valence-corrected chi connectivity index (χ4v) is 4.13. The van der Waals surface area contributed by atoms with E-state index >= 15 is 0 Å². The minimum atomic E-state index is -3.51. The zero-order valence-electron chi connectivity index (χ0n) is 12.5. The maximum Gasteiger partial charge on any atom is 0.244 e. The van der Waals surface area contributed by atoms with Crippen molar-refractivity contribution in [2.45, 2.75) is 44.7 Å². The van der Waals surface area contributed by atoms with E-state index < -0.39 is 10.0 Å². The maximum absolute atomic E-state index is 12.3. The molecule has 0 saturated carbocycles. The molecule has 1 unspecified atom stereocenters. The van der Waals surface area contributed by atoms with Gasteiger partial charge in [-0.1, -0.05) is 6.92 Å². The highest BCUT2D eigenvalue weighted by molar-refractivity contribution is 7.99. The molecule has 0 radical (unpaired) electrons. The van der Waals surface area contributed by atoms with Gasteiger partial charge in [0.2, 0.25) is 10.0 Å². The Morgan fingerprint density at radius 3 is 2.75 bits per heavy atom. The smallest absolute Gasteiger partial charge is 0.244 e. The molecule has 116 valence electrons. The summed E-state index contributed by atoms with van der Waals surface area (Å²) in [6.45, 7) is 6.17. The molecule has 1 rings (SSSR count). The first-order chi connectivity index (χ1) is 9.40. The van der Waals surface area contributed by atoms with Gasteiger partial charge in [0.05, 0.1) is 6.54 Å². The predicted molar refractivity (Wildman–Crippen MR) is 83.6 cm³/mol. The molecule has 2 N–H and O–H groups in total. The molecule has 0 aliphatic carbocycles. The number of sulfonamides is 1. The van der Waals surface area contributed by atoms with E-state index in [0.717, 1.165) is 17.9 Å². The van der Waals surface area contributed by atoms with Crippen molar-refractivity contribution in [2.75, 3.05) is 18.6 Å². The van der Waals surface area contributed by atoms with E-state index in [1.165, 1.54) is 0 Å². The first-order valence-corrected chi connectivity index (χ1v) is 9.38. The Kier molecular flexibility index (Phi) is 7.08. The van der Waals surface area contributed by atoms with Crippen molar-refractivity contribution in [1.82, 2.24) is 10.0 Å². The van der Waals surface area contributed by atoms with Crippen LogP contribution in [0.2, 0.25) is 0 Å². The van der Waals surface area contributed by atoms with Crippen molar-refractivity contribution in [2.24, 2.45) is 0 Å². The molecule has 1 aromatic heterocycles. The highest BCUT2D eigenvalue weighted by Crippen LogP contribution is 2.20. The zero-order chi connectivity index (χ0) is 15.2. The van der Waals surface area contributed by atoms with Crippen molar-refractivity contribution < 1.29 is 12.8 Å². The van der Waals surface area contributed by atoms with Gasteiger partial charge in [0.1, 0.15) is 16.4 Å². The normalized spacial score (nSPS) is 13.6. The number of thioether (sulfide) groups is 1. The molecular weight excluding hydrogens is 296 g/mol. The first-order valence-electron chi connectivity index (χ1n) is 6.74. The quantitative estimate of drug-likeness (QED) is 0.682. The Hall–Kier alpha value is -0.500. The molecule has 0 saturated heterocycles. The maximum atomic E-state index is 12.3. The van der Waals surface area contributed by atoms with Crippen LogP contribution in [-0.2, 0) is 16.6 Å². The fourth-order valence-electron chi connectivity index (χ4n) is 1.84. The average Bonchev–Trinajstić information content (AvgIpc) is 2.71. The van der Waals surface area contributed by atoms with Crippen LogP contribution in [-0.4, -0.2) is 33.0 Å². The molecule has 0 aromatic carbocycles. The van der Waals surface area contributed by atoms with Gasteiger partial charge >= 0.3 is 0 Å². The van der Waals surface area contributed by atoms with E-state index in [1.807, 2.05) is 18.7 Å². The Morgan fingerprint density at radius 2 is 2.15 bits per heavy atom. The Morgan fingerprint density at radius 1 is 1.45 bits per heavy atom. The minimum absolute atomic E-state index is 0.0823. The Bertz CT molecular complexity index is 512. The summed E-state index contributed by atoms with van der Waals surface area (Å²) in [5.74, 6) is 3.06. The summed E-state index contributed by atoms with van der Waals surface area (Å²) < 4.78 is 32.8. The number of furan rings is 1. The third-order valence-electron chi connectivity index (χ3n) is 2.82.